The van der Waals surface area contributed by atoms with Crippen LogP contribution in [0.3, 0.4) is 0 Å². The maximum Gasteiger partial charge on any atom is 0.277 e. The molecule has 0 fully saturated rings. The summed E-state index contributed by atoms with van der Waals surface area (Å²) in [5.41, 5.74) is 2.70. The Bertz CT molecular complexity index is 1080. The van der Waals surface area contributed by atoms with Crippen molar-refractivity contribution in [3.8, 4) is 11.5 Å². The molecule has 9 nitrogen and oxygen atoms in total. The summed E-state index contributed by atoms with van der Waals surface area (Å²) in [7, 11) is 0. The number of rotatable bonds is 6. The SMILES string of the molecule is O=C(COc1cccc2cccnc12)N/N=C\c1cc([N+](=O)[O-])cc(Br)c1O. The zero-order valence-electron chi connectivity index (χ0n) is 14.2. The molecule has 0 saturated carbocycles. The second kappa shape index (κ2) is 8.44. The fourth-order valence-electron chi connectivity index (χ4n) is 2.35. The van der Waals surface area contributed by atoms with Crippen LogP contribution in [-0.2, 0) is 4.79 Å². The topological polar surface area (TPSA) is 127 Å². The molecule has 0 atom stereocenters. The number of carbonyl (C=O) groups is 1. The number of aromatic hydroxyl groups is 1. The summed E-state index contributed by atoms with van der Waals surface area (Å²) in [6.07, 6.45) is 2.73. The summed E-state index contributed by atoms with van der Waals surface area (Å²) in [5.74, 6) is -0.327. The minimum Gasteiger partial charge on any atom is -0.506 e. The zero-order chi connectivity index (χ0) is 20.1. The van der Waals surface area contributed by atoms with Crippen molar-refractivity contribution < 1.29 is 19.6 Å². The van der Waals surface area contributed by atoms with Crippen molar-refractivity contribution in [1.82, 2.24) is 10.4 Å². The Morgan fingerprint density at radius 3 is 2.93 bits per heavy atom. The van der Waals surface area contributed by atoms with Crippen LogP contribution in [0.1, 0.15) is 5.56 Å². The summed E-state index contributed by atoms with van der Waals surface area (Å²) in [4.78, 5) is 26.4. The summed E-state index contributed by atoms with van der Waals surface area (Å²) >= 11 is 3.03. The third-order valence-electron chi connectivity index (χ3n) is 3.64. The van der Waals surface area contributed by atoms with Crippen molar-refractivity contribution in [3.05, 3.63) is 68.8 Å². The van der Waals surface area contributed by atoms with Gasteiger partial charge in [-0.2, -0.15) is 5.10 Å². The van der Waals surface area contributed by atoms with E-state index in [0.717, 1.165) is 23.7 Å². The van der Waals surface area contributed by atoms with Crippen molar-refractivity contribution in [3.63, 3.8) is 0 Å². The molecule has 142 valence electrons. The number of non-ortho nitro benzene ring substituents is 1. The van der Waals surface area contributed by atoms with E-state index in [1.807, 2.05) is 12.1 Å². The van der Waals surface area contributed by atoms with Crippen LogP contribution in [0.2, 0.25) is 0 Å². The van der Waals surface area contributed by atoms with E-state index in [-0.39, 0.29) is 28.1 Å². The van der Waals surface area contributed by atoms with Crippen LogP contribution < -0.4 is 10.2 Å². The number of nitrogens with zero attached hydrogens (tertiary/aromatic N) is 3. The molecule has 2 N–H and O–H groups in total. The molecule has 3 aromatic rings. The number of nitrogens with one attached hydrogen (secondary N) is 1. The Balaban J connectivity index is 1.64. The van der Waals surface area contributed by atoms with Gasteiger partial charge >= 0.3 is 0 Å². The fourth-order valence-corrected chi connectivity index (χ4v) is 2.81. The van der Waals surface area contributed by atoms with E-state index in [1.165, 1.54) is 0 Å². The Morgan fingerprint density at radius 1 is 1.36 bits per heavy atom. The second-order valence-electron chi connectivity index (χ2n) is 5.54. The highest BCUT2D eigenvalue weighted by molar-refractivity contribution is 9.10. The van der Waals surface area contributed by atoms with E-state index in [1.54, 1.807) is 24.4 Å². The number of phenolic OH excluding ortho intramolecular Hbond substituents is 1. The van der Waals surface area contributed by atoms with Crippen molar-refractivity contribution in [2.75, 3.05) is 6.61 Å². The van der Waals surface area contributed by atoms with Gasteiger partial charge in [0.25, 0.3) is 11.6 Å². The third kappa shape index (κ3) is 4.41. The Hall–Kier alpha value is -3.53. The number of nitro benzene ring substituents is 1. The summed E-state index contributed by atoms with van der Waals surface area (Å²) in [5, 5.41) is 25.4. The molecule has 0 spiro atoms. The van der Waals surface area contributed by atoms with Crippen LogP contribution >= 0.6 is 15.9 Å². The number of carbonyl (C=O) groups excluding carboxylic acids is 1. The van der Waals surface area contributed by atoms with Gasteiger partial charge in [0.1, 0.15) is 17.0 Å². The monoisotopic (exact) mass is 444 g/mol. The number of ether oxygens (including phenoxy) is 1. The number of phenols is 1. The van der Waals surface area contributed by atoms with Gasteiger partial charge in [-0.15, -0.1) is 0 Å². The molecular formula is C18H13BrN4O5. The van der Waals surface area contributed by atoms with Gasteiger partial charge in [-0.1, -0.05) is 18.2 Å². The minimum atomic E-state index is -0.605. The van der Waals surface area contributed by atoms with Gasteiger partial charge < -0.3 is 9.84 Å². The molecule has 0 bridgehead atoms. The number of hydrogen-bond donors (Lipinski definition) is 2. The molecule has 0 saturated heterocycles. The lowest BCUT2D eigenvalue weighted by Gasteiger charge is -2.07. The smallest absolute Gasteiger partial charge is 0.277 e. The van der Waals surface area contributed by atoms with E-state index in [0.29, 0.717) is 11.3 Å². The van der Waals surface area contributed by atoms with Gasteiger partial charge in [0, 0.05) is 29.3 Å². The Kier molecular flexibility index (Phi) is 5.80. The van der Waals surface area contributed by atoms with Gasteiger partial charge in [-0.25, -0.2) is 5.43 Å². The van der Waals surface area contributed by atoms with E-state index in [2.05, 4.69) is 31.4 Å². The first-order valence-electron chi connectivity index (χ1n) is 7.91. The number of pyridine rings is 1. The van der Waals surface area contributed by atoms with Crippen molar-refractivity contribution in [2.45, 2.75) is 0 Å². The molecule has 0 aliphatic carbocycles. The minimum absolute atomic E-state index is 0.0700. The number of nitro groups is 1. The number of halogens is 1. The van der Waals surface area contributed by atoms with E-state index >= 15 is 0 Å². The molecule has 1 heterocycles. The van der Waals surface area contributed by atoms with Gasteiger partial charge in [-0.05, 0) is 28.1 Å². The molecule has 0 radical (unpaired) electrons. The number of benzene rings is 2. The van der Waals surface area contributed by atoms with Crippen LogP contribution in [0.4, 0.5) is 5.69 Å². The van der Waals surface area contributed by atoms with Gasteiger partial charge in [0.15, 0.2) is 6.61 Å². The molecule has 2 aromatic carbocycles. The molecule has 0 aliphatic heterocycles. The summed E-state index contributed by atoms with van der Waals surface area (Å²) < 4.78 is 5.62. The van der Waals surface area contributed by atoms with Crippen LogP contribution in [0.5, 0.6) is 11.5 Å². The first-order valence-corrected chi connectivity index (χ1v) is 8.70. The fraction of sp³-hybridized carbons (Fsp3) is 0.0556. The number of hydrogen-bond acceptors (Lipinski definition) is 7. The van der Waals surface area contributed by atoms with Crippen molar-refractivity contribution in [2.24, 2.45) is 5.10 Å². The lowest BCUT2D eigenvalue weighted by molar-refractivity contribution is -0.385. The van der Waals surface area contributed by atoms with Crippen molar-refractivity contribution >= 4 is 44.6 Å². The standard InChI is InChI=1S/C18H13BrN4O5/c19-14-8-13(23(26)27)7-12(18(14)25)9-21-22-16(24)10-28-15-5-1-3-11-4-2-6-20-17(11)15/h1-9,25H,10H2,(H,22,24)/b21-9-. The molecular weight excluding hydrogens is 432 g/mol. The number of fused-ring (bicyclic) bond motifs is 1. The quantitative estimate of drug-likeness (QED) is 0.341. The number of aromatic nitrogens is 1. The van der Waals surface area contributed by atoms with Gasteiger partial charge in [-0.3, -0.25) is 19.9 Å². The highest BCUT2D eigenvalue weighted by Crippen LogP contribution is 2.31. The lowest BCUT2D eigenvalue weighted by atomic mass is 10.2. The average Bonchev–Trinajstić information content (AvgIpc) is 2.69. The first-order chi connectivity index (χ1) is 13.5. The summed E-state index contributed by atoms with van der Waals surface area (Å²) in [6.45, 7) is -0.308. The van der Waals surface area contributed by atoms with Crippen LogP contribution in [-0.4, -0.2) is 33.7 Å². The predicted octanol–water partition coefficient (Wildman–Crippen LogP) is 3.14. The second-order valence-corrected chi connectivity index (χ2v) is 6.39. The highest BCUT2D eigenvalue weighted by atomic mass is 79.9. The van der Waals surface area contributed by atoms with E-state index in [4.69, 9.17) is 4.74 Å². The summed E-state index contributed by atoms with van der Waals surface area (Å²) in [6, 6.07) is 11.3. The zero-order valence-corrected chi connectivity index (χ0v) is 15.8. The number of hydrazone groups is 1. The first kappa shape index (κ1) is 19.2. The maximum absolute atomic E-state index is 11.9. The average molecular weight is 445 g/mol. The van der Waals surface area contributed by atoms with E-state index < -0.39 is 10.8 Å². The van der Waals surface area contributed by atoms with Crippen LogP contribution in [0.25, 0.3) is 10.9 Å². The van der Waals surface area contributed by atoms with Crippen LogP contribution in [0, 0.1) is 10.1 Å². The molecule has 10 heteroatoms. The Labute approximate surface area is 166 Å². The Morgan fingerprint density at radius 2 is 2.14 bits per heavy atom. The molecule has 0 aliphatic rings. The molecule has 28 heavy (non-hydrogen) atoms. The highest BCUT2D eigenvalue weighted by Gasteiger charge is 2.13. The molecule has 1 aromatic heterocycles. The molecule has 3 rings (SSSR count). The number of para-hydroxylation sites is 1. The van der Waals surface area contributed by atoms with E-state index in [9.17, 15) is 20.0 Å². The molecule has 0 unspecified atom stereocenters. The maximum atomic E-state index is 11.9. The van der Waals surface area contributed by atoms with Crippen LogP contribution in [0.15, 0.2) is 58.2 Å². The normalized spacial score (nSPS) is 10.9. The van der Waals surface area contributed by atoms with Gasteiger partial charge in [0.05, 0.1) is 15.6 Å². The number of amides is 1. The predicted molar refractivity (Wildman–Crippen MR) is 105 cm³/mol. The lowest BCUT2D eigenvalue weighted by Crippen LogP contribution is -2.24. The largest absolute Gasteiger partial charge is 0.506 e. The molecule has 1 amide bonds. The third-order valence-corrected chi connectivity index (χ3v) is 4.24. The van der Waals surface area contributed by atoms with Gasteiger partial charge in [0.2, 0.25) is 0 Å². The van der Waals surface area contributed by atoms with Crippen molar-refractivity contribution in [1.29, 1.82) is 0 Å².